The van der Waals surface area contributed by atoms with Crippen LogP contribution in [0.5, 0.6) is 17.2 Å². The van der Waals surface area contributed by atoms with Crippen molar-refractivity contribution in [2.45, 2.75) is 12.5 Å². The summed E-state index contributed by atoms with van der Waals surface area (Å²) in [5, 5.41) is 4.73. The Kier molecular flexibility index (Phi) is 5.90. The maximum Gasteiger partial charge on any atom is 0.334 e. The minimum Gasteiger partial charge on any atom is -0.494 e. The van der Waals surface area contributed by atoms with Gasteiger partial charge >= 0.3 is 5.69 Å². The molecular formula is C26H25FN4O4. The number of methoxy groups -OCH3 is 1. The quantitative estimate of drug-likeness (QED) is 0.548. The number of halogens is 1. The van der Waals surface area contributed by atoms with E-state index in [1.807, 2.05) is 12.3 Å². The summed E-state index contributed by atoms with van der Waals surface area (Å²) in [7, 11) is 1.39. The molecule has 180 valence electrons. The molecule has 3 heterocycles. The molecule has 1 saturated heterocycles. The molecule has 8 nitrogen and oxygen atoms in total. The highest BCUT2D eigenvalue weighted by molar-refractivity contribution is 5.87. The number of carbonyl (C=O) groups excluding carboxylic acids is 1. The molecule has 9 heteroatoms. The van der Waals surface area contributed by atoms with E-state index in [-0.39, 0.29) is 29.1 Å². The molecule has 0 unspecified atom stereocenters. The van der Waals surface area contributed by atoms with E-state index in [4.69, 9.17) is 9.47 Å². The number of fused-ring (bicyclic) bond motifs is 1. The smallest absolute Gasteiger partial charge is 0.334 e. The van der Waals surface area contributed by atoms with E-state index in [0.717, 1.165) is 10.7 Å². The van der Waals surface area contributed by atoms with Crippen molar-refractivity contribution in [2.75, 3.05) is 26.7 Å². The number of nitrogens with one attached hydrogen (secondary N) is 1. The van der Waals surface area contributed by atoms with Crippen molar-refractivity contribution >= 4 is 18.2 Å². The number of ether oxygens (including phenoxy) is 2. The molecule has 1 aromatic heterocycles. The molecule has 35 heavy (non-hydrogen) atoms. The predicted octanol–water partition coefficient (Wildman–Crippen LogP) is 1.66. The van der Waals surface area contributed by atoms with Gasteiger partial charge in [-0.15, -0.1) is 0 Å². The van der Waals surface area contributed by atoms with Crippen LogP contribution in [-0.2, 0) is 4.79 Å². The minimum absolute atomic E-state index is 0.0461. The minimum atomic E-state index is -0.585. The summed E-state index contributed by atoms with van der Waals surface area (Å²) < 4.78 is 28.6. The Morgan fingerprint density at radius 1 is 1.17 bits per heavy atom. The second-order valence-electron chi connectivity index (χ2n) is 8.31. The van der Waals surface area contributed by atoms with Crippen LogP contribution in [0.15, 0.2) is 59.9 Å². The molecule has 1 amide bonds. The fraction of sp³-hybridized carbons (Fsp3) is 0.231. The van der Waals surface area contributed by atoms with Crippen LogP contribution in [-0.4, -0.2) is 46.7 Å². The number of likely N-dealkylation sites (tertiary alicyclic amines) is 1. The lowest BCUT2D eigenvalue weighted by Crippen LogP contribution is -2.40. The summed E-state index contributed by atoms with van der Waals surface area (Å²) in [5.74, 6) is -0.152. The Morgan fingerprint density at radius 2 is 1.94 bits per heavy atom. The van der Waals surface area contributed by atoms with Gasteiger partial charge in [-0.25, -0.2) is 4.79 Å². The second kappa shape index (κ2) is 9.17. The number of hydrogen-bond acceptors (Lipinski definition) is 5. The van der Waals surface area contributed by atoms with Crippen LogP contribution in [0.3, 0.4) is 0 Å². The molecule has 0 radical (unpaired) electrons. The monoisotopic (exact) mass is 476 g/mol. The molecule has 3 aromatic rings. The van der Waals surface area contributed by atoms with Gasteiger partial charge in [0.05, 0.1) is 29.5 Å². The fourth-order valence-corrected chi connectivity index (χ4v) is 4.61. The Balaban J connectivity index is 1.49. The summed E-state index contributed by atoms with van der Waals surface area (Å²) in [6.45, 7) is 5.21. The Hall–Kier alpha value is -4.27. The van der Waals surface area contributed by atoms with E-state index < -0.39 is 5.82 Å². The molecule has 1 atom stereocenters. The van der Waals surface area contributed by atoms with E-state index in [1.54, 1.807) is 44.4 Å². The van der Waals surface area contributed by atoms with E-state index >= 15 is 0 Å². The van der Waals surface area contributed by atoms with Crippen LogP contribution in [0.4, 0.5) is 4.39 Å². The average molecular weight is 477 g/mol. The van der Waals surface area contributed by atoms with Gasteiger partial charge in [-0.3, -0.25) is 13.9 Å². The third kappa shape index (κ3) is 3.99. The Bertz CT molecular complexity index is 1470. The number of hydrogen-bond donors (Lipinski definition) is 1. The van der Waals surface area contributed by atoms with Gasteiger partial charge in [0.2, 0.25) is 11.7 Å². The van der Waals surface area contributed by atoms with Crippen LogP contribution < -0.4 is 31.2 Å². The van der Waals surface area contributed by atoms with Gasteiger partial charge in [-0.05, 0) is 55.0 Å². The van der Waals surface area contributed by atoms with Crippen molar-refractivity contribution in [3.8, 4) is 22.9 Å². The maximum atomic E-state index is 14.5. The van der Waals surface area contributed by atoms with Crippen LogP contribution in [0.1, 0.15) is 12.5 Å². The summed E-state index contributed by atoms with van der Waals surface area (Å²) in [6.07, 6.45) is 5.80. The van der Waals surface area contributed by atoms with E-state index in [2.05, 4.69) is 11.9 Å². The third-order valence-electron chi connectivity index (χ3n) is 6.30. The van der Waals surface area contributed by atoms with Crippen molar-refractivity contribution < 1.29 is 18.7 Å². The zero-order valence-electron chi connectivity index (χ0n) is 19.2. The lowest BCUT2D eigenvalue weighted by molar-refractivity contribution is -0.125. The third-order valence-corrected chi connectivity index (χ3v) is 6.30. The van der Waals surface area contributed by atoms with Crippen molar-refractivity contribution in [3.05, 3.63) is 82.1 Å². The van der Waals surface area contributed by atoms with Crippen molar-refractivity contribution in [1.29, 1.82) is 0 Å². The molecule has 0 spiro atoms. The molecule has 1 N–H and O–H groups in total. The van der Waals surface area contributed by atoms with Gasteiger partial charge in [0.25, 0.3) is 0 Å². The van der Waals surface area contributed by atoms with Gasteiger partial charge in [0.15, 0.2) is 11.5 Å². The first kappa shape index (κ1) is 22.5. The van der Waals surface area contributed by atoms with Gasteiger partial charge in [0.1, 0.15) is 5.75 Å². The van der Waals surface area contributed by atoms with Crippen molar-refractivity contribution in [3.63, 3.8) is 0 Å². The van der Waals surface area contributed by atoms with Crippen LogP contribution in [0.25, 0.3) is 18.0 Å². The number of nitrogens with zero attached hydrogens (tertiary/aromatic N) is 3. The number of carbonyl (C=O) groups is 1. The molecule has 1 fully saturated rings. The van der Waals surface area contributed by atoms with Crippen LogP contribution >= 0.6 is 0 Å². The lowest BCUT2D eigenvalue weighted by Gasteiger charge is -2.15. The largest absolute Gasteiger partial charge is 0.494 e. The average Bonchev–Trinajstić information content (AvgIpc) is 3.47. The van der Waals surface area contributed by atoms with E-state index in [0.29, 0.717) is 37.5 Å². The molecule has 2 aliphatic heterocycles. The summed E-state index contributed by atoms with van der Waals surface area (Å²) in [5.41, 5.74) is 0.463. The zero-order chi connectivity index (χ0) is 24.5. The molecule has 0 aliphatic carbocycles. The highest BCUT2D eigenvalue weighted by Crippen LogP contribution is 2.30. The normalized spacial score (nSPS) is 16.5. The molecular weight excluding hydrogens is 451 g/mol. The topological polar surface area (TPSA) is 77.7 Å². The SMILES string of the molecule is C=CC(=O)N1CC[C@@H](n2c3c(n(-c4ccc(Oc5cccc(OC)c5F)cc4)c2=O)=CNCC=3)C1. The Labute approximate surface area is 200 Å². The second-order valence-corrected chi connectivity index (χ2v) is 8.31. The first-order valence-corrected chi connectivity index (χ1v) is 11.3. The van der Waals surface area contributed by atoms with Crippen molar-refractivity contribution in [2.24, 2.45) is 0 Å². The van der Waals surface area contributed by atoms with E-state index in [9.17, 15) is 14.0 Å². The summed E-state index contributed by atoms with van der Waals surface area (Å²) >= 11 is 0. The molecule has 2 aromatic carbocycles. The Morgan fingerprint density at radius 3 is 2.69 bits per heavy atom. The maximum absolute atomic E-state index is 14.5. The van der Waals surface area contributed by atoms with Crippen molar-refractivity contribution in [1.82, 2.24) is 19.4 Å². The van der Waals surface area contributed by atoms with Gasteiger partial charge in [-0.1, -0.05) is 12.6 Å². The number of imidazole rings is 1. The van der Waals surface area contributed by atoms with Crippen LogP contribution in [0, 0.1) is 5.82 Å². The zero-order valence-corrected chi connectivity index (χ0v) is 19.2. The first-order chi connectivity index (χ1) is 17.0. The molecule has 0 saturated carbocycles. The van der Waals surface area contributed by atoms with E-state index in [1.165, 1.54) is 25.3 Å². The predicted molar refractivity (Wildman–Crippen MR) is 130 cm³/mol. The number of amides is 1. The first-order valence-electron chi connectivity index (χ1n) is 11.3. The molecule has 2 aliphatic rings. The molecule has 5 rings (SSSR count). The molecule has 0 bridgehead atoms. The number of rotatable bonds is 6. The standard InChI is InChI=1S/C26H25FN4O4/c1-3-24(32)29-14-12-18(16-29)31-20-11-13-28-15-21(20)30(26(31)33)17-7-9-19(10-8-17)35-23-6-4-5-22(34-2)25(23)27/h3-11,15,18,28H,1,12-14,16H2,2H3/t18-/m1/s1. The highest BCUT2D eigenvalue weighted by Gasteiger charge is 2.29. The van der Waals surface area contributed by atoms with Crippen LogP contribution in [0.2, 0.25) is 0 Å². The fourth-order valence-electron chi connectivity index (χ4n) is 4.61. The number of benzene rings is 2. The lowest BCUT2D eigenvalue weighted by atomic mass is 10.2. The summed E-state index contributed by atoms with van der Waals surface area (Å²) in [6, 6.07) is 11.4. The van der Waals surface area contributed by atoms with Gasteiger partial charge in [-0.2, -0.15) is 4.39 Å². The van der Waals surface area contributed by atoms with Gasteiger partial charge in [0, 0.05) is 25.8 Å². The number of aromatic nitrogens is 2. The van der Waals surface area contributed by atoms with Gasteiger partial charge < -0.3 is 19.7 Å². The summed E-state index contributed by atoms with van der Waals surface area (Å²) in [4.78, 5) is 27.4. The highest BCUT2D eigenvalue weighted by atomic mass is 19.1.